The van der Waals surface area contributed by atoms with Crippen LogP contribution in [-0.4, -0.2) is 19.5 Å². The number of imidazole rings is 1. The predicted octanol–water partition coefficient (Wildman–Crippen LogP) is 3.75. The number of nitrogens with zero attached hydrogens (tertiary/aromatic N) is 3. The predicted molar refractivity (Wildman–Crippen MR) is 102 cm³/mol. The highest BCUT2D eigenvalue weighted by atomic mass is 32.2. The highest BCUT2D eigenvalue weighted by molar-refractivity contribution is 7.98. The number of H-pyrrole nitrogens is 1. The van der Waals surface area contributed by atoms with Crippen molar-refractivity contribution in [3.05, 3.63) is 77.4 Å². The summed E-state index contributed by atoms with van der Waals surface area (Å²) < 4.78 is 2.12. The van der Waals surface area contributed by atoms with Crippen molar-refractivity contribution >= 4 is 33.7 Å². The first kappa shape index (κ1) is 15.7. The average Bonchev–Trinajstić information content (AvgIpc) is 2.98. The van der Waals surface area contributed by atoms with Gasteiger partial charge in [-0.2, -0.15) is 0 Å². The van der Waals surface area contributed by atoms with Crippen LogP contribution in [0.5, 0.6) is 0 Å². The fraction of sp³-hybridized carbons (Fsp3) is 0.105. The molecule has 0 aliphatic carbocycles. The number of aromatic amines is 1. The van der Waals surface area contributed by atoms with Crippen molar-refractivity contribution in [1.82, 2.24) is 19.5 Å². The van der Waals surface area contributed by atoms with Crippen molar-refractivity contribution < 1.29 is 0 Å². The van der Waals surface area contributed by atoms with E-state index in [1.807, 2.05) is 48.5 Å². The Bertz CT molecular complexity index is 1130. The third kappa shape index (κ3) is 2.96. The van der Waals surface area contributed by atoms with E-state index in [2.05, 4.69) is 26.1 Å². The van der Waals surface area contributed by atoms with Crippen LogP contribution in [0.1, 0.15) is 5.82 Å². The van der Waals surface area contributed by atoms with E-state index in [9.17, 15) is 4.79 Å². The summed E-state index contributed by atoms with van der Waals surface area (Å²) in [5, 5.41) is 1.49. The van der Waals surface area contributed by atoms with Crippen LogP contribution >= 0.6 is 11.8 Å². The van der Waals surface area contributed by atoms with Gasteiger partial charge in [0.1, 0.15) is 5.82 Å². The molecule has 0 saturated heterocycles. The number of thioether (sulfide) groups is 1. The summed E-state index contributed by atoms with van der Waals surface area (Å²) in [5.41, 5.74) is 2.62. The van der Waals surface area contributed by atoms with Crippen LogP contribution in [0.2, 0.25) is 0 Å². The van der Waals surface area contributed by atoms with Gasteiger partial charge in [-0.25, -0.2) is 9.97 Å². The third-order valence-corrected chi connectivity index (χ3v) is 4.92. The van der Waals surface area contributed by atoms with E-state index in [0.29, 0.717) is 29.0 Å². The molecular formula is C19H16N4OS. The number of para-hydroxylation sites is 3. The number of allylic oxidation sites excluding steroid dienone is 1. The molecule has 2 aromatic carbocycles. The number of fused-ring (bicyclic) bond motifs is 2. The van der Waals surface area contributed by atoms with Crippen molar-refractivity contribution in [3.8, 4) is 0 Å². The van der Waals surface area contributed by atoms with E-state index in [-0.39, 0.29) is 5.56 Å². The molecular weight excluding hydrogens is 332 g/mol. The highest BCUT2D eigenvalue weighted by Gasteiger charge is 2.11. The molecule has 0 radical (unpaired) electrons. The van der Waals surface area contributed by atoms with E-state index < -0.39 is 0 Å². The number of hydrogen-bond donors (Lipinski definition) is 1. The monoisotopic (exact) mass is 348 g/mol. The molecule has 0 unspecified atom stereocenters. The van der Waals surface area contributed by atoms with E-state index in [1.165, 1.54) is 0 Å². The van der Waals surface area contributed by atoms with Gasteiger partial charge in [0.25, 0.3) is 5.56 Å². The smallest absolute Gasteiger partial charge is 0.258 e. The van der Waals surface area contributed by atoms with E-state index in [1.54, 1.807) is 17.8 Å². The molecule has 1 N–H and O–H groups in total. The van der Waals surface area contributed by atoms with Gasteiger partial charge in [-0.15, -0.1) is 6.58 Å². The first-order valence-electron chi connectivity index (χ1n) is 7.93. The molecule has 25 heavy (non-hydrogen) atoms. The van der Waals surface area contributed by atoms with Gasteiger partial charge in [0.2, 0.25) is 0 Å². The summed E-state index contributed by atoms with van der Waals surface area (Å²) in [7, 11) is 0. The molecule has 0 saturated carbocycles. The number of aromatic nitrogens is 4. The fourth-order valence-electron chi connectivity index (χ4n) is 2.81. The molecule has 0 atom stereocenters. The maximum Gasteiger partial charge on any atom is 0.258 e. The molecule has 6 heteroatoms. The first-order valence-corrected chi connectivity index (χ1v) is 8.92. The zero-order valence-electron chi connectivity index (χ0n) is 13.5. The van der Waals surface area contributed by atoms with Crippen molar-refractivity contribution in [3.63, 3.8) is 0 Å². The lowest BCUT2D eigenvalue weighted by molar-refractivity contribution is 0.748. The lowest BCUT2D eigenvalue weighted by Crippen LogP contribution is -2.11. The second-order valence-electron chi connectivity index (χ2n) is 5.60. The molecule has 0 fully saturated rings. The Hall–Kier alpha value is -2.86. The van der Waals surface area contributed by atoms with Crippen LogP contribution in [-0.2, 0) is 12.3 Å². The highest BCUT2D eigenvalue weighted by Crippen LogP contribution is 2.26. The molecule has 124 valence electrons. The lowest BCUT2D eigenvalue weighted by atomic mass is 10.2. The quantitative estimate of drug-likeness (QED) is 0.441. The average molecular weight is 348 g/mol. The Kier molecular flexibility index (Phi) is 4.11. The Morgan fingerprint density at radius 2 is 1.84 bits per heavy atom. The minimum absolute atomic E-state index is 0.110. The molecule has 0 spiro atoms. The summed E-state index contributed by atoms with van der Waals surface area (Å²) in [5.74, 6) is 1.19. The second-order valence-corrected chi connectivity index (χ2v) is 6.54. The number of benzene rings is 2. The van der Waals surface area contributed by atoms with Crippen molar-refractivity contribution in [2.75, 3.05) is 0 Å². The molecule has 5 nitrogen and oxygen atoms in total. The second kappa shape index (κ2) is 6.57. The Morgan fingerprint density at radius 1 is 1.08 bits per heavy atom. The summed E-state index contributed by atoms with van der Waals surface area (Å²) in [6, 6.07) is 15.4. The maximum atomic E-state index is 12.2. The van der Waals surface area contributed by atoms with Gasteiger partial charge >= 0.3 is 0 Å². The molecule has 4 aromatic rings. The largest absolute Gasteiger partial charge is 0.315 e. The van der Waals surface area contributed by atoms with Gasteiger partial charge in [0.15, 0.2) is 5.16 Å². The molecule has 0 amide bonds. The molecule has 0 bridgehead atoms. The van der Waals surface area contributed by atoms with Crippen LogP contribution in [0, 0.1) is 0 Å². The zero-order valence-corrected chi connectivity index (χ0v) is 14.3. The SMILES string of the molecule is C=CCn1c(SCc2nc3ccccc3c(=O)[nH]2)nc2ccccc21. The van der Waals surface area contributed by atoms with E-state index in [4.69, 9.17) is 0 Å². The van der Waals surface area contributed by atoms with Gasteiger partial charge in [-0.3, -0.25) is 4.79 Å². The summed E-state index contributed by atoms with van der Waals surface area (Å²) in [6.07, 6.45) is 1.86. The van der Waals surface area contributed by atoms with Crippen molar-refractivity contribution in [2.45, 2.75) is 17.5 Å². The summed E-state index contributed by atoms with van der Waals surface area (Å²) in [6.45, 7) is 4.51. The zero-order chi connectivity index (χ0) is 17.2. The van der Waals surface area contributed by atoms with Crippen molar-refractivity contribution in [2.24, 2.45) is 0 Å². The Labute approximate surface area is 148 Å². The number of nitrogens with one attached hydrogen (secondary N) is 1. The van der Waals surface area contributed by atoms with Crippen LogP contribution < -0.4 is 5.56 Å². The molecule has 2 aromatic heterocycles. The van der Waals surface area contributed by atoms with Crippen LogP contribution in [0.25, 0.3) is 21.9 Å². The van der Waals surface area contributed by atoms with Gasteiger partial charge < -0.3 is 9.55 Å². The fourth-order valence-corrected chi connectivity index (χ4v) is 3.70. The van der Waals surface area contributed by atoms with E-state index >= 15 is 0 Å². The third-order valence-electron chi connectivity index (χ3n) is 3.93. The maximum absolute atomic E-state index is 12.2. The van der Waals surface area contributed by atoms with Gasteiger partial charge in [-0.05, 0) is 24.3 Å². The van der Waals surface area contributed by atoms with Crippen molar-refractivity contribution in [1.29, 1.82) is 0 Å². The van der Waals surface area contributed by atoms with Gasteiger partial charge in [0.05, 0.1) is 27.7 Å². The summed E-state index contributed by atoms with van der Waals surface area (Å²) >= 11 is 1.55. The topological polar surface area (TPSA) is 63.6 Å². The summed E-state index contributed by atoms with van der Waals surface area (Å²) in [4.78, 5) is 24.3. The van der Waals surface area contributed by atoms with Gasteiger partial charge in [-0.1, -0.05) is 42.1 Å². The molecule has 4 rings (SSSR count). The number of rotatable bonds is 5. The van der Waals surface area contributed by atoms with Crippen LogP contribution in [0.3, 0.4) is 0 Å². The number of hydrogen-bond acceptors (Lipinski definition) is 4. The first-order chi connectivity index (χ1) is 12.3. The Morgan fingerprint density at radius 3 is 2.68 bits per heavy atom. The van der Waals surface area contributed by atoms with E-state index in [0.717, 1.165) is 16.2 Å². The lowest BCUT2D eigenvalue weighted by Gasteiger charge is -2.06. The minimum Gasteiger partial charge on any atom is -0.315 e. The minimum atomic E-state index is -0.110. The Balaban J connectivity index is 1.67. The molecule has 0 aliphatic rings. The van der Waals surface area contributed by atoms with Crippen LogP contribution in [0.4, 0.5) is 0 Å². The molecule has 2 heterocycles. The normalized spacial score (nSPS) is 11.2. The van der Waals surface area contributed by atoms with Crippen LogP contribution in [0.15, 0.2) is 71.1 Å². The van der Waals surface area contributed by atoms with Gasteiger partial charge in [0, 0.05) is 6.54 Å². The molecule has 0 aliphatic heterocycles. The standard InChI is InChI=1S/C19H16N4OS/c1-2-11-23-16-10-6-5-9-15(16)21-19(23)25-12-17-20-14-8-4-3-7-13(14)18(24)22-17/h2-10H,1,11-12H2,(H,20,22,24).